The number of rotatable bonds is 7. The third-order valence-corrected chi connectivity index (χ3v) is 4.11. The molecule has 0 aliphatic heterocycles. The molecule has 0 aliphatic rings. The number of carbonyl (C=O) groups excluding carboxylic acids is 1. The van der Waals surface area contributed by atoms with Crippen molar-refractivity contribution in [3.63, 3.8) is 0 Å². The Morgan fingerprint density at radius 2 is 1.93 bits per heavy atom. The van der Waals surface area contributed by atoms with Crippen LogP contribution in [-0.2, 0) is 11.3 Å². The van der Waals surface area contributed by atoms with Gasteiger partial charge >= 0.3 is 5.69 Å². The lowest BCUT2D eigenvalue weighted by Gasteiger charge is -2.25. The number of carbonyl (C=O) groups is 1. The molecule has 0 saturated heterocycles. The number of nitrogens with one attached hydrogen (secondary N) is 1. The number of anilines is 2. The van der Waals surface area contributed by atoms with Crippen molar-refractivity contribution >= 4 is 23.5 Å². The molecule has 0 saturated carbocycles. The lowest BCUT2D eigenvalue weighted by molar-refractivity contribution is -0.114. The molecule has 2 rings (SSSR count). The molecule has 3 N–H and O–H groups in total. The van der Waals surface area contributed by atoms with E-state index < -0.39 is 23.0 Å². The molecular formula is C21H27FN4O3. The summed E-state index contributed by atoms with van der Waals surface area (Å²) >= 11 is 0. The van der Waals surface area contributed by atoms with Crippen LogP contribution >= 0.6 is 0 Å². The second kappa shape index (κ2) is 9.36. The number of benzene rings is 1. The number of nitrogens with two attached hydrogens (primary N) is 1. The van der Waals surface area contributed by atoms with Gasteiger partial charge in [-0.25, -0.2) is 9.18 Å². The van der Waals surface area contributed by atoms with Gasteiger partial charge in [-0.05, 0) is 35.6 Å². The van der Waals surface area contributed by atoms with E-state index in [0.29, 0.717) is 12.1 Å². The van der Waals surface area contributed by atoms with Gasteiger partial charge in [-0.15, -0.1) is 0 Å². The summed E-state index contributed by atoms with van der Waals surface area (Å²) in [5.74, 6) is -0.822. The third kappa shape index (κ3) is 5.66. The lowest BCUT2D eigenvalue weighted by Crippen LogP contribution is -2.42. The SMILES string of the molecule is CC(C)CN(C(=O)/C=C/c1cccc(F)c1)c1c(N)n(CC(C)C)c(=O)[nH]c1=O. The van der Waals surface area contributed by atoms with Gasteiger partial charge in [0.05, 0.1) is 0 Å². The number of hydrogen-bond donors (Lipinski definition) is 2. The zero-order valence-corrected chi connectivity index (χ0v) is 17.1. The van der Waals surface area contributed by atoms with Crippen LogP contribution in [0.3, 0.4) is 0 Å². The van der Waals surface area contributed by atoms with Gasteiger partial charge in [-0.2, -0.15) is 0 Å². The number of nitrogens with zero attached hydrogens (tertiary/aromatic N) is 2. The van der Waals surface area contributed by atoms with E-state index in [-0.39, 0.29) is 29.9 Å². The summed E-state index contributed by atoms with van der Waals surface area (Å²) in [7, 11) is 0. The summed E-state index contributed by atoms with van der Waals surface area (Å²) in [5, 5.41) is 0. The van der Waals surface area contributed by atoms with Crippen molar-refractivity contribution in [3.8, 4) is 0 Å². The molecule has 0 spiro atoms. The quantitative estimate of drug-likeness (QED) is 0.695. The van der Waals surface area contributed by atoms with Crippen molar-refractivity contribution in [1.29, 1.82) is 0 Å². The van der Waals surface area contributed by atoms with E-state index in [2.05, 4.69) is 4.98 Å². The fourth-order valence-electron chi connectivity index (χ4n) is 2.91. The Morgan fingerprint density at radius 3 is 2.52 bits per heavy atom. The number of amides is 1. The van der Waals surface area contributed by atoms with E-state index in [9.17, 15) is 18.8 Å². The Labute approximate surface area is 168 Å². The van der Waals surface area contributed by atoms with Gasteiger partial charge in [0.25, 0.3) is 11.5 Å². The highest BCUT2D eigenvalue weighted by Crippen LogP contribution is 2.20. The second-order valence-electron chi connectivity index (χ2n) is 7.73. The van der Waals surface area contributed by atoms with E-state index in [4.69, 9.17) is 5.73 Å². The van der Waals surface area contributed by atoms with Gasteiger partial charge in [-0.3, -0.25) is 19.1 Å². The summed E-state index contributed by atoms with van der Waals surface area (Å²) in [6, 6.07) is 5.79. The van der Waals surface area contributed by atoms with E-state index >= 15 is 0 Å². The molecule has 1 heterocycles. The average Bonchev–Trinajstić information content (AvgIpc) is 2.62. The van der Waals surface area contributed by atoms with Gasteiger partial charge in [0.2, 0.25) is 0 Å². The van der Waals surface area contributed by atoms with Crippen molar-refractivity contribution in [2.45, 2.75) is 34.2 Å². The molecule has 7 nitrogen and oxygen atoms in total. The fourth-order valence-corrected chi connectivity index (χ4v) is 2.91. The lowest BCUT2D eigenvalue weighted by atomic mass is 10.1. The number of aromatic nitrogens is 2. The van der Waals surface area contributed by atoms with E-state index in [0.717, 1.165) is 0 Å². The largest absolute Gasteiger partial charge is 0.383 e. The number of aromatic amines is 1. The van der Waals surface area contributed by atoms with E-state index in [1.165, 1.54) is 39.8 Å². The molecule has 0 atom stereocenters. The Morgan fingerprint density at radius 1 is 1.24 bits per heavy atom. The van der Waals surface area contributed by atoms with Gasteiger partial charge < -0.3 is 10.6 Å². The van der Waals surface area contributed by atoms with Crippen LogP contribution in [-0.4, -0.2) is 22.0 Å². The Bertz CT molecular complexity index is 1020. The van der Waals surface area contributed by atoms with E-state index in [1.807, 2.05) is 27.7 Å². The van der Waals surface area contributed by atoms with Crippen molar-refractivity contribution in [3.05, 3.63) is 62.6 Å². The number of H-pyrrole nitrogens is 1. The zero-order chi connectivity index (χ0) is 21.7. The highest BCUT2D eigenvalue weighted by Gasteiger charge is 2.24. The van der Waals surface area contributed by atoms with Crippen molar-refractivity contribution < 1.29 is 9.18 Å². The minimum Gasteiger partial charge on any atom is -0.383 e. The summed E-state index contributed by atoms with van der Waals surface area (Å²) in [6.07, 6.45) is 2.72. The van der Waals surface area contributed by atoms with Crippen LogP contribution in [0.15, 0.2) is 39.9 Å². The van der Waals surface area contributed by atoms with Crippen LogP contribution in [0.5, 0.6) is 0 Å². The van der Waals surface area contributed by atoms with Gasteiger partial charge in [-0.1, -0.05) is 39.8 Å². The summed E-state index contributed by atoms with van der Waals surface area (Å²) in [6.45, 7) is 8.14. The van der Waals surface area contributed by atoms with Crippen LogP contribution in [0, 0.1) is 17.7 Å². The molecule has 2 aromatic rings. The van der Waals surface area contributed by atoms with Crippen LogP contribution in [0.2, 0.25) is 0 Å². The normalized spacial score (nSPS) is 11.6. The molecule has 1 aromatic heterocycles. The first-order valence-electron chi connectivity index (χ1n) is 9.47. The molecule has 1 aromatic carbocycles. The van der Waals surface area contributed by atoms with Gasteiger partial charge in [0.15, 0.2) is 5.69 Å². The maximum Gasteiger partial charge on any atom is 0.330 e. The second-order valence-corrected chi connectivity index (χ2v) is 7.73. The molecule has 0 radical (unpaired) electrons. The van der Waals surface area contributed by atoms with Crippen LogP contribution in [0.25, 0.3) is 6.08 Å². The topological polar surface area (TPSA) is 101 Å². The van der Waals surface area contributed by atoms with Crippen LogP contribution in [0.4, 0.5) is 15.9 Å². The summed E-state index contributed by atoms with van der Waals surface area (Å²) in [5.41, 5.74) is 5.26. The molecule has 0 aliphatic carbocycles. The average molecular weight is 402 g/mol. The minimum absolute atomic E-state index is 0.0331. The number of hydrogen-bond acceptors (Lipinski definition) is 4. The molecule has 1 amide bonds. The minimum atomic E-state index is -0.722. The molecular weight excluding hydrogens is 375 g/mol. The van der Waals surface area contributed by atoms with Crippen molar-refractivity contribution in [2.75, 3.05) is 17.2 Å². The highest BCUT2D eigenvalue weighted by atomic mass is 19.1. The Kier molecular flexibility index (Phi) is 7.14. The molecule has 0 bridgehead atoms. The smallest absolute Gasteiger partial charge is 0.330 e. The van der Waals surface area contributed by atoms with Crippen molar-refractivity contribution in [2.24, 2.45) is 11.8 Å². The van der Waals surface area contributed by atoms with Crippen LogP contribution < -0.4 is 21.9 Å². The molecule has 0 unspecified atom stereocenters. The third-order valence-electron chi connectivity index (χ3n) is 4.11. The van der Waals surface area contributed by atoms with Gasteiger partial charge in [0.1, 0.15) is 11.6 Å². The molecule has 8 heteroatoms. The summed E-state index contributed by atoms with van der Waals surface area (Å²) < 4.78 is 14.6. The zero-order valence-electron chi connectivity index (χ0n) is 17.1. The molecule has 0 fully saturated rings. The van der Waals surface area contributed by atoms with Crippen LogP contribution in [0.1, 0.15) is 33.3 Å². The summed E-state index contributed by atoms with van der Waals surface area (Å²) in [4.78, 5) is 41.1. The molecule has 156 valence electrons. The maximum absolute atomic E-state index is 13.4. The fraction of sp³-hybridized carbons (Fsp3) is 0.381. The predicted molar refractivity (Wildman–Crippen MR) is 113 cm³/mol. The highest BCUT2D eigenvalue weighted by molar-refractivity contribution is 6.05. The Balaban J connectivity index is 2.51. The first kappa shape index (κ1) is 22.1. The van der Waals surface area contributed by atoms with Gasteiger partial charge in [0, 0.05) is 19.2 Å². The first-order valence-corrected chi connectivity index (χ1v) is 9.47. The standard InChI is InChI=1S/C21H27FN4O3/c1-13(2)11-25(17(27)9-8-15-6-5-7-16(22)10-15)18-19(23)26(12-14(3)4)21(29)24-20(18)28/h5-10,13-14H,11-12,23H2,1-4H3,(H,24,28,29)/b9-8+. The number of nitrogen functional groups attached to an aromatic ring is 1. The first-order chi connectivity index (χ1) is 13.6. The maximum atomic E-state index is 13.4. The monoisotopic (exact) mass is 402 g/mol. The predicted octanol–water partition coefficient (Wildman–Crippen LogP) is 2.62. The Hall–Kier alpha value is -3.16. The molecule has 29 heavy (non-hydrogen) atoms. The van der Waals surface area contributed by atoms with Crippen molar-refractivity contribution in [1.82, 2.24) is 9.55 Å². The van der Waals surface area contributed by atoms with E-state index in [1.54, 1.807) is 6.07 Å². The number of halogens is 1.